The van der Waals surface area contributed by atoms with Crippen molar-refractivity contribution in [3.63, 3.8) is 0 Å². The summed E-state index contributed by atoms with van der Waals surface area (Å²) >= 11 is 0. The number of carbonyl (C=O) groups is 2. The molecule has 2 aliphatic carbocycles. The molecule has 4 aliphatic rings. The lowest BCUT2D eigenvalue weighted by Gasteiger charge is -2.63. The number of Topliss-reactive ketones (excluding diaryl/α,β-unsaturated/α-hetero) is 1. The summed E-state index contributed by atoms with van der Waals surface area (Å²) in [5.41, 5.74) is -1.04. The van der Waals surface area contributed by atoms with E-state index < -0.39 is 46.9 Å². The third-order valence-electron chi connectivity index (χ3n) is 10.4. The predicted molar refractivity (Wildman–Crippen MR) is 160 cm³/mol. The molecule has 1 saturated heterocycles. The molecule has 3 aromatic carbocycles. The number of alkyl halides is 3. The zero-order valence-corrected chi connectivity index (χ0v) is 24.6. The summed E-state index contributed by atoms with van der Waals surface area (Å²) < 4.78 is 46.0. The lowest BCUT2D eigenvalue weighted by atomic mass is 9.48. The van der Waals surface area contributed by atoms with Gasteiger partial charge in [0.2, 0.25) is 5.91 Å². The second-order valence-corrected chi connectivity index (χ2v) is 12.6. The molecule has 2 N–H and O–H groups in total. The first-order valence-electron chi connectivity index (χ1n) is 15.2. The first-order valence-corrected chi connectivity index (χ1v) is 15.2. The van der Waals surface area contributed by atoms with Gasteiger partial charge in [-0.25, -0.2) is 0 Å². The topological polar surface area (TPSA) is 90.3 Å². The fourth-order valence-corrected chi connectivity index (χ4v) is 8.29. The Morgan fingerprint density at radius 2 is 1.89 bits per heavy atom. The van der Waals surface area contributed by atoms with E-state index in [0.29, 0.717) is 43.5 Å². The van der Waals surface area contributed by atoms with Gasteiger partial charge in [-0.15, -0.1) is 0 Å². The smallest absolute Gasteiger partial charge is 0.416 e. The maximum atomic E-state index is 14.1. The van der Waals surface area contributed by atoms with Crippen molar-refractivity contribution in [2.75, 3.05) is 20.1 Å². The summed E-state index contributed by atoms with van der Waals surface area (Å²) in [4.78, 5) is 31.2. The Kier molecular flexibility index (Phi) is 6.87. The van der Waals surface area contributed by atoms with E-state index in [1.54, 1.807) is 13.1 Å². The Hall–Kier alpha value is -4.15. The molecule has 5 atom stereocenters. The number of aromatic hydroxyl groups is 1. The monoisotopic (exact) mass is 618 g/mol. The van der Waals surface area contributed by atoms with E-state index in [-0.39, 0.29) is 29.3 Å². The maximum Gasteiger partial charge on any atom is 0.416 e. The number of aliphatic hydroxyl groups is 1. The number of ether oxygens (including phenoxy) is 1. The molecule has 10 heteroatoms. The molecule has 2 aliphatic heterocycles. The molecule has 7 nitrogen and oxygen atoms in total. The van der Waals surface area contributed by atoms with Crippen molar-refractivity contribution in [1.82, 2.24) is 9.80 Å². The van der Waals surface area contributed by atoms with Crippen LogP contribution >= 0.6 is 0 Å². The molecule has 7 rings (SSSR count). The fourth-order valence-electron chi connectivity index (χ4n) is 8.29. The van der Waals surface area contributed by atoms with Crippen molar-refractivity contribution in [3.8, 4) is 11.5 Å². The summed E-state index contributed by atoms with van der Waals surface area (Å²) in [5.74, 6) is -0.595. The van der Waals surface area contributed by atoms with Crippen LogP contribution in [-0.2, 0) is 22.8 Å². The molecule has 2 heterocycles. The second-order valence-electron chi connectivity index (χ2n) is 12.6. The Morgan fingerprint density at radius 1 is 1.11 bits per heavy atom. The largest absolute Gasteiger partial charge is 0.504 e. The number of phenols is 1. The molecule has 2 bridgehead atoms. The highest BCUT2D eigenvalue weighted by Crippen LogP contribution is 2.65. The van der Waals surface area contributed by atoms with Crippen LogP contribution in [0.5, 0.6) is 11.5 Å². The Labute approximate surface area is 258 Å². The molecular weight excluding hydrogens is 585 g/mol. The zero-order chi connectivity index (χ0) is 31.7. The third-order valence-corrected chi connectivity index (χ3v) is 10.4. The molecule has 1 saturated carbocycles. The molecule has 1 amide bonds. The van der Waals surface area contributed by atoms with Crippen molar-refractivity contribution in [2.45, 2.75) is 61.1 Å². The van der Waals surface area contributed by atoms with Crippen LogP contribution in [0.3, 0.4) is 0 Å². The van der Waals surface area contributed by atoms with Gasteiger partial charge in [0.05, 0.1) is 17.0 Å². The zero-order valence-electron chi connectivity index (χ0n) is 24.6. The number of halogens is 3. The summed E-state index contributed by atoms with van der Waals surface area (Å²) in [7, 11) is 1.61. The van der Waals surface area contributed by atoms with Gasteiger partial charge >= 0.3 is 6.18 Å². The number of nitrogens with zero attached hydrogens (tertiary/aromatic N) is 2. The quantitative estimate of drug-likeness (QED) is 0.379. The van der Waals surface area contributed by atoms with Gasteiger partial charge in [0.15, 0.2) is 17.3 Å². The van der Waals surface area contributed by atoms with Crippen molar-refractivity contribution in [3.05, 3.63) is 101 Å². The molecule has 0 radical (unpaired) electrons. The van der Waals surface area contributed by atoms with Gasteiger partial charge in [-0.05, 0) is 67.2 Å². The van der Waals surface area contributed by atoms with Gasteiger partial charge < -0.3 is 19.8 Å². The number of carbonyl (C=O) groups excluding carboxylic acids is 2. The third kappa shape index (κ3) is 4.40. The molecule has 234 valence electrons. The van der Waals surface area contributed by atoms with Crippen molar-refractivity contribution in [2.24, 2.45) is 0 Å². The first kappa shape index (κ1) is 29.6. The Balaban J connectivity index is 1.21. The maximum absolute atomic E-state index is 14.1. The number of likely N-dealkylation sites (tertiary alicyclic amines) is 1. The van der Waals surface area contributed by atoms with E-state index in [1.807, 2.05) is 30.3 Å². The normalized spacial score (nSPS) is 28.6. The van der Waals surface area contributed by atoms with Crippen LogP contribution in [0, 0.1) is 0 Å². The number of hydrogen-bond acceptors (Lipinski definition) is 6. The second kappa shape index (κ2) is 10.5. The fraction of sp³-hybridized carbons (Fsp3) is 0.371. The Morgan fingerprint density at radius 3 is 2.64 bits per heavy atom. The number of phenolic OH excluding ortho intramolecular Hbond substituents is 1. The van der Waals surface area contributed by atoms with Crippen LogP contribution in [0.1, 0.15) is 51.9 Å². The Bertz CT molecular complexity index is 1710. The van der Waals surface area contributed by atoms with Crippen LogP contribution in [-0.4, -0.2) is 75.6 Å². The minimum atomic E-state index is -4.50. The average molecular weight is 619 g/mol. The van der Waals surface area contributed by atoms with Crippen molar-refractivity contribution >= 4 is 17.8 Å². The standard InChI is InChI=1S/C35H33F3N2O5/c1-39(27(42)13-10-22-8-5-9-23(20-22)35(36,37)38)25-14-16-34(44)31-29(43)24-11-12-26(41)30-28(24)33(34,32(25)45-30)17-19-40(31)18-15-21-6-3-2-4-7-21/h2-13,20,25,31-32,41,44H,14-19H2,1H3/t25-,31-,32+,33+,34-/m1/s1. The van der Waals surface area contributed by atoms with Gasteiger partial charge in [-0.2, -0.15) is 13.2 Å². The van der Waals surface area contributed by atoms with Crippen LogP contribution in [0.15, 0.2) is 72.8 Å². The molecule has 0 aromatic heterocycles. The number of rotatable bonds is 6. The van der Waals surface area contributed by atoms with Gasteiger partial charge in [-0.3, -0.25) is 14.5 Å². The van der Waals surface area contributed by atoms with Crippen LogP contribution in [0.4, 0.5) is 13.2 Å². The van der Waals surface area contributed by atoms with Crippen LogP contribution in [0.2, 0.25) is 0 Å². The highest BCUT2D eigenvalue weighted by atomic mass is 19.4. The molecule has 1 spiro atoms. The molecule has 3 aromatic rings. The SMILES string of the molecule is CN(C(=O)C=Cc1cccc(C(F)(F)F)c1)[C@@H]1CC[C@@]2(O)[C@H]3C(=O)c4ccc(O)c5c4[C@@]2(CCN3CCc2ccccc2)[C@H]1O5. The molecular formula is C35H33F3N2O5. The predicted octanol–water partition coefficient (Wildman–Crippen LogP) is 4.99. The molecule has 45 heavy (non-hydrogen) atoms. The molecule has 2 fully saturated rings. The van der Waals surface area contributed by atoms with E-state index in [2.05, 4.69) is 4.90 Å². The van der Waals surface area contributed by atoms with Gasteiger partial charge in [0.1, 0.15) is 17.7 Å². The lowest BCUT2D eigenvalue weighted by Crippen LogP contribution is -2.79. The number of piperidine rings is 1. The van der Waals surface area contributed by atoms with E-state index >= 15 is 0 Å². The van der Waals surface area contributed by atoms with Crippen LogP contribution < -0.4 is 4.74 Å². The van der Waals surface area contributed by atoms with E-state index in [1.165, 1.54) is 35.3 Å². The number of benzene rings is 3. The highest BCUT2D eigenvalue weighted by Gasteiger charge is 2.75. The molecule has 0 unspecified atom stereocenters. The number of hydrogen-bond donors (Lipinski definition) is 2. The lowest BCUT2D eigenvalue weighted by molar-refractivity contribution is -0.187. The summed E-state index contributed by atoms with van der Waals surface area (Å²) in [6, 6.07) is 16.4. The summed E-state index contributed by atoms with van der Waals surface area (Å²) in [6.45, 7) is 1.09. The van der Waals surface area contributed by atoms with E-state index in [0.717, 1.165) is 17.7 Å². The highest BCUT2D eigenvalue weighted by molar-refractivity contribution is 6.06. The summed E-state index contributed by atoms with van der Waals surface area (Å²) in [6.07, 6.45) is -0.964. The minimum absolute atomic E-state index is 0.130. The number of ketones is 1. The van der Waals surface area contributed by atoms with Crippen molar-refractivity contribution in [1.29, 1.82) is 0 Å². The number of amides is 1. The van der Waals surface area contributed by atoms with Crippen LogP contribution in [0.25, 0.3) is 6.08 Å². The van der Waals surface area contributed by atoms with E-state index in [4.69, 9.17) is 4.74 Å². The van der Waals surface area contributed by atoms with E-state index in [9.17, 15) is 33.0 Å². The number of likely N-dealkylation sites (N-methyl/N-ethyl adjacent to an activating group) is 1. The average Bonchev–Trinajstić information content (AvgIpc) is 3.38. The van der Waals surface area contributed by atoms with Gasteiger partial charge in [0, 0.05) is 37.3 Å². The van der Waals surface area contributed by atoms with Gasteiger partial charge in [-0.1, -0.05) is 42.5 Å². The minimum Gasteiger partial charge on any atom is -0.504 e. The summed E-state index contributed by atoms with van der Waals surface area (Å²) in [5, 5.41) is 23.6. The van der Waals surface area contributed by atoms with Crippen molar-refractivity contribution < 1.29 is 37.7 Å². The first-order chi connectivity index (χ1) is 21.5. The van der Waals surface area contributed by atoms with Gasteiger partial charge in [0.25, 0.3) is 0 Å².